The van der Waals surface area contributed by atoms with Gasteiger partial charge in [-0.1, -0.05) is 6.92 Å². The first-order valence-corrected chi connectivity index (χ1v) is 8.45. The molecule has 23 heavy (non-hydrogen) atoms. The van der Waals surface area contributed by atoms with E-state index in [1.165, 1.54) is 0 Å². The van der Waals surface area contributed by atoms with Gasteiger partial charge in [-0.15, -0.1) is 0 Å². The lowest BCUT2D eigenvalue weighted by Gasteiger charge is -2.23. The van der Waals surface area contributed by atoms with Crippen molar-refractivity contribution in [2.45, 2.75) is 45.1 Å². The van der Waals surface area contributed by atoms with E-state index in [4.69, 9.17) is 4.74 Å². The number of hydrogen-bond acceptors (Lipinski definition) is 4. The van der Waals surface area contributed by atoms with Crippen LogP contribution in [0.2, 0.25) is 0 Å². The predicted molar refractivity (Wildman–Crippen MR) is 89.8 cm³/mol. The number of ether oxygens (including phenoxy) is 1. The van der Waals surface area contributed by atoms with Gasteiger partial charge in [0.1, 0.15) is 5.75 Å². The highest BCUT2D eigenvalue weighted by Crippen LogP contribution is 2.14. The van der Waals surface area contributed by atoms with Gasteiger partial charge in [0.25, 0.3) is 0 Å². The first-order valence-electron chi connectivity index (χ1n) is 8.45. The second kappa shape index (κ2) is 9.30. The molecule has 1 aromatic rings. The molecule has 0 bridgehead atoms. The number of amides is 1. The van der Waals surface area contributed by atoms with Crippen molar-refractivity contribution in [2.75, 3.05) is 19.7 Å². The minimum atomic E-state index is -0.0463. The number of Topliss-reactive ketones (excluding diaryl/α,β-unsaturated/α-hetero) is 1. The lowest BCUT2D eigenvalue weighted by molar-refractivity contribution is -0.121. The molecule has 1 unspecified atom stereocenters. The molecule has 0 aromatic heterocycles. The monoisotopic (exact) mass is 318 g/mol. The number of carbonyl (C=O) groups is 2. The van der Waals surface area contributed by atoms with Crippen LogP contribution in [0.1, 0.15) is 49.4 Å². The first-order chi connectivity index (χ1) is 11.2. The molecule has 2 N–H and O–H groups in total. The van der Waals surface area contributed by atoms with Gasteiger partial charge >= 0.3 is 0 Å². The Morgan fingerprint density at radius 2 is 2.04 bits per heavy atom. The van der Waals surface area contributed by atoms with E-state index in [9.17, 15) is 9.59 Å². The molecule has 0 radical (unpaired) electrons. The van der Waals surface area contributed by atoms with Crippen LogP contribution >= 0.6 is 0 Å². The molecule has 1 fully saturated rings. The minimum absolute atomic E-state index is 0.0102. The quantitative estimate of drug-likeness (QED) is 0.722. The van der Waals surface area contributed by atoms with Gasteiger partial charge in [0.2, 0.25) is 5.91 Å². The van der Waals surface area contributed by atoms with Gasteiger partial charge in [-0.05, 0) is 50.1 Å². The van der Waals surface area contributed by atoms with E-state index in [1.54, 1.807) is 24.3 Å². The zero-order valence-corrected chi connectivity index (χ0v) is 13.8. The van der Waals surface area contributed by atoms with E-state index in [-0.39, 0.29) is 30.6 Å². The summed E-state index contributed by atoms with van der Waals surface area (Å²) in [6.07, 6.45) is 3.51. The van der Waals surface area contributed by atoms with Gasteiger partial charge < -0.3 is 15.4 Å². The summed E-state index contributed by atoms with van der Waals surface area (Å²) < 4.78 is 5.49. The molecule has 126 valence electrons. The highest BCUT2D eigenvalue weighted by atomic mass is 16.5. The van der Waals surface area contributed by atoms with E-state index in [2.05, 4.69) is 10.6 Å². The van der Waals surface area contributed by atoms with Crippen LogP contribution in [0.25, 0.3) is 0 Å². The van der Waals surface area contributed by atoms with Crippen molar-refractivity contribution in [3.8, 4) is 5.75 Å². The highest BCUT2D eigenvalue weighted by molar-refractivity contribution is 5.98. The average molecular weight is 318 g/mol. The summed E-state index contributed by atoms with van der Waals surface area (Å²) in [4.78, 5) is 24.0. The molecule has 1 atom stereocenters. The predicted octanol–water partition coefficient (Wildman–Crippen LogP) is 2.31. The van der Waals surface area contributed by atoms with Crippen LogP contribution < -0.4 is 15.4 Å². The van der Waals surface area contributed by atoms with Crippen LogP contribution in [0, 0.1) is 0 Å². The normalized spacial score (nSPS) is 17.5. The van der Waals surface area contributed by atoms with Gasteiger partial charge in [-0.25, -0.2) is 0 Å². The highest BCUT2D eigenvalue weighted by Gasteiger charge is 2.16. The summed E-state index contributed by atoms with van der Waals surface area (Å²) in [5.41, 5.74) is 0.626. The molecule has 1 heterocycles. The molecular weight excluding hydrogens is 292 g/mol. The van der Waals surface area contributed by atoms with Crippen LogP contribution in [-0.2, 0) is 4.79 Å². The fourth-order valence-electron chi connectivity index (χ4n) is 2.60. The van der Waals surface area contributed by atoms with E-state index in [0.29, 0.717) is 12.2 Å². The molecule has 1 aliphatic heterocycles. The third-order valence-corrected chi connectivity index (χ3v) is 3.89. The second-order valence-electron chi connectivity index (χ2n) is 5.91. The Balaban J connectivity index is 1.74. The Kier molecular flexibility index (Phi) is 7.07. The Morgan fingerprint density at radius 1 is 1.26 bits per heavy atom. The third-order valence-electron chi connectivity index (χ3n) is 3.89. The molecule has 0 spiro atoms. The van der Waals surface area contributed by atoms with Gasteiger partial charge in [0, 0.05) is 31.0 Å². The van der Waals surface area contributed by atoms with E-state index in [1.807, 2.05) is 6.92 Å². The van der Waals surface area contributed by atoms with E-state index < -0.39 is 0 Å². The van der Waals surface area contributed by atoms with Crippen LogP contribution in [-0.4, -0.2) is 37.4 Å². The van der Waals surface area contributed by atoms with Gasteiger partial charge in [-0.3, -0.25) is 9.59 Å². The number of hydrogen-bond donors (Lipinski definition) is 2. The zero-order valence-electron chi connectivity index (χ0n) is 13.8. The zero-order chi connectivity index (χ0) is 16.5. The maximum Gasteiger partial charge on any atom is 0.220 e. The number of carbonyl (C=O) groups excluding carboxylic acids is 2. The molecule has 1 aliphatic rings. The molecule has 5 heteroatoms. The topological polar surface area (TPSA) is 67.4 Å². The molecular formula is C18H26N2O3. The van der Waals surface area contributed by atoms with Crippen LogP contribution in [0.5, 0.6) is 5.75 Å². The first kappa shape index (κ1) is 17.5. The number of benzene rings is 1. The summed E-state index contributed by atoms with van der Waals surface area (Å²) >= 11 is 0. The van der Waals surface area contributed by atoms with Crippen LogP contribution in [0.3, 0.4) is 0 Å². The Hall–Kier alpha value is -1.88. The lowest BCUT2D eigenvalue weighted by atomic mass is 10.0. The standard InChI is InChI=1S/C18H26N2O3/c1-2-12-23-16-7-5-14(6-8-16)17(21)9-10-18(22)20-15-4-3-11-19-13-15/h5-8,15,19H,2-4,9-13H2,1H3,(H,20,22). The number of rotatable bonds is 8. The van der Waals surface area contributed by atoms with Gasteiger partial charge in [-0.2, -0.15) is 0 Å². The Morgan fingerprint density at radius 3 is 2.70 bits per heavy atom. The van der Waals surface area contributed by atoms with Crippen LogP contribution in [0.4, 0.5) is 0 Å². The maximum atomic E-state index is 12.1. The average Bonchev–Trinajstić information content (AvgIpc) is 2.59. The number of nitrogens with one attached hydrogen (secondary N) is 2. The van der Waals surface area contributed by atoms with Crippen molar-refractivity contribution in [1.82, 2.24) is 10.6 Å². The Bertz CT molecular complexity index is 508. The Labute approximate surface area is 137 Å². The van der Waals surface area contributed by atoms with Crippen molar-refractivity contribution in [2.24, 2.45) is 0 Å². The number of piperidine rings is 1. The smallest absolute Gasteiger partial charge is 0.220 e. The van der Waals surface area contributed by atoms with Gasteiger partial charge in [0.05, 0.1) is 6.61 Å². The molecule has 1 saturated heterocycles. The number of ketones is 1. The van der Waals surface area contributed by atoms with Gasteiger partial charge in [0.15, 0.2) is 5.78 Å². The largest absolute Gasteiger partial charge is 0.494 e. The fourth-order valence-corrected chi connectivity index (χ4v) is 2.60. The molecule has 0 aliphatic carbocycles. The third kappa shape index (κ3) is 6.02. The van der Waals surface area contributed by atoms with E-state index in [0.717, 1.165) is 38.1 Å². The summed E-state index contributed by atoms with van der Waals surface area (Å²) in [5, 5.41) is 6.24. The van der Waals surface area contributed by atoms with E-state index >= 15 is 0 Å². The molecule has 1 amide bonds. The van der Waals surface area contributed by atoms with Crippen molar-refractivity contribution < 1.29 is 14.3 Å². The van der Waals surface area contributed by atoms with Crippen molar-refractivity contribution in [1.29, 1.82) is 0 Å². The minimum Gasteiger partial charge on any atom is -0.494 e. The van der Waals surface area contributed by atoms with Crippen LogP contribution in [0.15, 0.2) is 24.3 Å². The van der Waals surface area contributed by atoms with Crippen molar-refractivity contribution in [3.05, 3.63) is 29.8 Å². The van der Waals surface area contributed by atoms with Crippen molar-refractivity contribution in [3.63, 3.8) is 0 Å². The summed E-state index contributed by atoms with van der Waals surface area (Å²) in [6.45, 7) is 4.55. The molecule has 0 saturated carbocycles. The molecule has 2 rings (SSSR count). The fraction of sp³-hybridized carbons (Fsp3) is 0.556. The molecule has 5 nitrogen and oxygen atoms in total. The lowest BCUT2D eigenvalue weighted by Crippen LogP contribution is -2.45. The van der Waals surface area contributed by atoms with Crippen molar-refractivity contribution >= 4 is 11.7 Å². The summed E-state index contributed by atoms with van der Waals surface area (Å²) in [6, 6.07) is 7.32. The SMILES string of the molecule is CCCOc1ccc(C(=O)CCC(=O)NC2CCCNC2)cc1. The summed E-state index contributed by atoms with van der Waals surface area (Å²) in [7, 11) is 0. The summed E-state index contributed by atoms with van der Waals surface area (Å²) in [5.74, 6) is 0.713. The second-order valence-corrected chi connectivity index (χ2v) is 5.91. The molecule has 1 aromatic carbocycles. The maximum absolute atomic E-state index is 12.1.